The van der Waals surface area contributed by atoms with E-state index >= 15 is 0 Å². The van der Waals surface area contributed by atoms with Gasteiger partial charge in [0.15, 0.2) is 0 Å². The van der Waals surface area contributed by atoms with Gasteiger partial charge in [0.25, 0.3) is 0 Å². The summed E-state index contributed by atoms with van der Waals surface area (Å²) in [6, 6.07) is 4.17. The Kier molecular flexibility index (Phi) is 5.02. The number of fused-ring (bicyclic) bond motifs is 1. The van der Waals surface area contributed by atoms with E-state index in [0.29, 0.717) is 19.0 Å². The van der Waals surface area contributed by atoms with E-state index in [1.54, 1.807) is 12.4 Å². The van der Waals surface area contributed by atoms with Crippen LogP contribution in [0.5, 0.6) is 0 Å². The van der Waals surface area contributed by atoms with E-state index in [2.05, 4.69) is 32.9 Å². The van der Waals surface area contributed by atoms with Crippen LogP contribution < -0.4 is 5.32 Å². The van der Waals surface area contributed by atoms with Gasteiger partial charge in [-0.25, -0.2) is 4.98 Å². The van der Waals surface area contributed by atoms with Gasteiger partial charge in [0.1, 0.15) is 5.82 Å². The lowest BCUT2D eigenvalue weighted by Gasteiger charge is -2.38. The van der Waals surface area contributed by atoms with Gasteiger partial charge in [0, 0.05) is 44.8 Å². The summed E-state index contributed by atoms with van der Waals surface area (Å²) in [5.74, 6) is 1.98. The smallest absolute Gasteiger partial charge is 0.226 e. The van der Waals surface area contributed by atoms with Crippen LogP contribution in [0.25, 0.3) is 0 Å². The highest BCUT2D eigenvalue weighted by atomic mass is 16.1. The molecule has 3 heterocycles. The molecular weight excluding hydrogens is 326 g/mol. The van der Waals surface area contributed by atoms with Crippen molar-refractivity contribution in [2.45, 2.75) is 51.7 Å². The van der Waals surface area contributed by atoms with Crippen LogP contribution in [-0.2, 0) is 24.3 Å². The van der Waals surface area contributed by atoms with Crippen LogP contribution in [0.2, 0.25) is 0 Å². The molecule has 1 atom stereocenters. The highest BCUT2D eigenvalue weighted by Gasteiger charge is 2.29. The monoisotopic (exact) mass is 353 g/mol. The second-order valence-electron chi connectivity index (χ2n) is 7.57. The van der Waals surface area contributed by atoms with Gasteiger partial charge >= 0.3 is 0 Å². The maximum atomic E-state index is 12.2. The molecule has 1 aliphatic carbocycles. The standard InChI is InChI=1S/C20H27N5O/c1-15-20-23-18(10-19(26)22-12-17-6-3-7-21-11-17)14-25(20)9-8-24(15)13-16-4-2-5-16/h3,6-7,11,14-16H,2,4-5,8-10,12-13H2,1H3,(H,22,26). The molecule has 0 aromatic carbocycles. The summed E-state index contributed by atoms with van der Waals surface area (Å²) in [6.07, 6.45) is 10.0. The summed E-state index contributed by atoms with van der Waals surface area (Å²) >= 11 is 0. The molecule has 0 bridgehead atoms. The Morgan fingerprint density at radius 3 is 2.96 bits per heavy atom. The molecule has 2 aromatic rings. The molecule has 6 heteroatoms. The molecular formula is C20H27N5O. The molecule has 1 saturated carbocycles. The van der Waals surface area contributed by atoms with Gasteiger partial charge < -0.3 is 9.88 Å². The van der Waals surface area contributed by atoms with Gasteiger partial charge in [-0.1, -0.05) is 12.5 Å². The fourth-order valence-corrected chi connectivity index (χ4v) is 3.86. The predicted octanol–water partition coefficient (Wildman–Crippen LogP) is 2.31. The summed E-state index contributed by atoms with van der Waals surface area (Å²) in [5, 5.41) is 2.95. The lowest BCUT2D eigenvalue weighted by atomic mass is 9.84. The minimum Gasteiger partial charge on any atom is -0.352 e. The lowest BCUT2D eigenvalue weighted by Crippen LogP contribution is -2.41. The van der Waals surface area contributed by atoms with Gasteiger partial charge in [-0.15, -0.1) is 0 Å². The Balaban J connectivity index is 1.34. The minimum atomic E-state index is 0.00303. The zero-order valence-electron chi connectivity index (χ0n) is 15.4. The number of nitrogens with zero attached hydrogens (tertiary/aromatic N) is 4. The number of carbonyl (C=O) groups is 1. The van der Waals surface area contributed by atoms with Crippen molar-refractivity contribution in [3.05, 3.63) is 47.8 Å². The number of hydrogen-bond acceptors (Lipinski definition) is 4. The average Bonchev–Trinajstić information content (AvgIpc) is 3.02. The van der Waals surface area contributed by atoms with E-state index in [-0.39, 0.29) is 5.91 Å². The van der Waals surface area contributed by atoms with Crippen molar-refractivity contribution in [3.63, 3.8) is 0 Å². The van der Waals surface area contributed by atoms with Crippen LogP contribution in [0.4, 0.5) is 0 Å². The molecule has 2 aromatic heterocycles. The number of hydrogen-bond donors (Lipinski definition) is 1. The largest absolute Gasteiger partial charge is 0.352 e. The second kappa shape index (κ2) is 7.58. The van der Waals surface area contributed by atoms with Crippen molar-refractivity contribution in [2.24, 2.45) is 5.92 Å². The molecule has 0 saturated heterocycles. The molecule has 0 spiro atoms. The van der Waals surface area contributed by atoms with Crippen molar-refractivity contribution in [1.29, 1.82) is 0 Å². The molecule has 1 N–H and O–H groups in total. The van der Waals surface area contributed by atoms with Crippen molar-refractivity contribution in [1.82, 2.24) is 24.8 Å². The molecule has 26 heavy (non-hydrogen) atoms. The van der Waals surface area contributed by atoms with Gasteiger partial charge in [-0.2, -0.15) is 0 Å². The van der Waals surface area contributed by atoms with Crippen LogP contribution >= 0.6 is 0 Å². The summed E-state index contributed by atoms with van der Waals surface area (Å²) in [4.78, 5) is 23.6. The van der Waals surface area contributed by atoms with Gasteiger partial charge in [0.2, 0.25) is 5.91 Å². The van der Waals surface area contributed by atoms with E-state index in [1.807, 2.05) is 12.1 Å². The van der Waals surface area contributed by atoms with Crippen molar-refractivity contribution >= 4 is 5.91 Å². The van der Waals surface area contributed by atoms with Crippen molar-refractivity contribution in [2.75, 3.05) is 13.1 Å². The van der Waals surface area contributed by atoms with Crippen LogP contribution in [0.1, 0.15) is 49.3 Å². The lowest BCUT2D eigenvalue weighted by molar-refractivity contribution is -0.120. The molecule has 6 nitrogen and oxygen atoms in total. The zero-order valence-corrected chi connectivity index (χ0v) is 15.4. The number of imidazole rings is 1. The zero-order chi connectivity index (χ0) is 17.9. The first-order valence-electron chi connectivity index (χ1n) is 9.64. The minimum absolute atomic E-state index is 0.00303. The van der Waals surface area contributed by atoms with Crippen molar-refractivity contribution < 1.29 is 4.79 Å². The highest BCUT2D eigenvalue weighted by molar-refractivity contribution is 5.78. The molecule has 1 amide bonds. The quantitative estimate of drug-likeness (QED) is 0.866. The molecule has 138 valence electrons. The first kappa shape index (κ1) is 17.2. The van der Waals surface area contributed by atoms with Crippen LogP contribution in [0.3, 0.4) is 0 Å². The molecule has 4 rings (SSSR count). The number of rotatable bonds is 6. The van der Waals surface area contributed by atoms with E-state index in [1.165, 1.54) is 25.8 Å². The number of carbonyl (C=O) groups excluding carboxylic acids is 1. The van der Waals surface area contributed by atoms with Crippen LogP contribution in [0.15, 0.2) is 30.7 Å². The number of aromatic nitrogens is 3. The SMILES string of the molecule is CC1c2nc(CC(=O)NCc3cccnc3)cn2CCN1CC1CCC1. The molecule has 0 radical (unpaired) electrons. The Morgan fingerprint density at radius 1 is 1.35 bits per heavy atom. The third kappa shape index (κ3) is 3.80. The van der Waals surface area contributed by atoms with E-state index in [0.717, 1.165) is 36.1 Å². The fraction of sp³-hybridized carbons (Fsp3) is 0.550. The highest BCUT2D eigenvalue weighted by Crippen LogP contribution is 2.32. The fourth-order valence-electron chi connectivity index (χ4n) is 3.86. The van der Waals surface area contributed by atoms with Crippen LogP contribution in [0, 0.1) is 5.92 Å². The third-order valence-electron chi connectivity index (χ3n) is 5.68. The molecule has 2 aliphatic rings. The Bertz CT molecular complexity index is 753. The van der Waals surface area contributed by atoms with Gasteiger partial charge in [-0.3, -0.25) is 14.7 Å². The van der Waals surface area contributed by atoms with E-state index in [4.69, 9.17) is 4.98 Å². The van der Waals surface area contributed by atoms with Gasteiger partial charge in [-0.05, 0) is 37.3 Å². The van der Waals surface area contributed by atoms with Gasteiger partial charge in [0.05, 0.1) is 18.2 Å². The first-order chi connectivity index (χ1) is 12.7. The molecule has 1 aliphatic heterocycles. The van der Waals surface area contributed by atoms with E-state index < -0.39 is 0 Å². The second-order valence-corrected chi connectivity index (χ2v) is 7.57. The number of nitrogens with one attached hydrogen (secondary N) is 1. The summed E-state index contributed by atoms with van der Waals surface area (Å²) in [7, 11) is 0. The normalized spacial score (nSPS) is 20.4. The number of amides is 1. The summed E-state index contributed by atoms with van der Waals surface area (Å²) in [6.45, 7) is 5.98. The molecule has 1 fully saturated rings. The number of pyridine rings is 1. The summed E-state index contributed by atoms with van der Waals surface area (Å²) in [5.41, 5.74) is 1.87. The predicted molar refractivity (Wildman–Crippen MR) is 99.3 cm³/mol. The Labute approximate surface area is 154 Å². The first-order valence-corrected chi connectivity index (χ1v) is 9.64. The van der Waals surface area contributed by atoms with Crippen LogP contribution in [-0.4, -0.2) is 38.4 Å². The topological polar surface area (TPSA) is 63.1 Å². The summed E-state index contributed by atoms with van der Waals surface area (Å²) < 4.78 is 2.23. The maximum absolute atomic E-state index is 12.2. The Morgan fingerprint density at radius 2 is 2.23 bits per heavy atom. The average molecular weight is 353 g/mol. The maximum Gasteiger partial charge on any atom is 0.226 e. The Hall–Kier alpha value is -2.21. The van der Waals surface area contributed by atoms with Crippen molar-refractivity contribution in [3.8, 4) is 0 Å². The third-order valence-corrected chi connectivity index (χ3v) is 5.68. The molecule has 1 unspecified atom stereocenters. The van der Waals surface area contributed by atoms with E-state index in [9.17, 15) is 4.79 Å².